The van der Waals surface area contributed by atoms with Crippen molar-refractivity contribution >= 4 is 23.1 Å². The smallest absolute Gasteiger partial charge is 0.500 e. The largest absolute Gasteiger partial charge is 0.519 e. The van der Waals surface area contributed by atoms with Gasteiger partial charge in [0.1, 0.15) is 0 Å². The fraction of sp³-hybridized carbons (Fsp3) is 0.950. The van der Waals surface area contributed by atoms with Gasteiger partial charge in [-0.15, -0.1) is 0 Å². The third kappa shape index (κ3) is 9.49. The van der Waals surface area contributed by atoms with Gasteiger partial charge in [0.05, 0.1) is 5.92 Å². The second kappa shape index (κ2) is 12.4. The summed E-state index contributed by atoms with van der Waals surface area (Å²) < 4.78 is 23.7. The number of nitrogens with zero attached hydrogens (tertiary/aromatic N) is 1. The summed E-state index contributed by atoms with van der Waals surface area (Å²) >= 11 is 0. The Kier molecular flexibility index (Phi) is 12.3. The molecule has 0 rings (SSSR count). The van der Waals surface area contributed by atoms with Crippen molar-refractivity contribution in [2.24, 2.45) is 5.92 Å². The highest BCUT2D eigenvalue weighted by atomic mass is 28.4. The van der Waals surface area contributed by atoms with E-state index in [-0.39, 0.29) is 16.9 Å². The first kappa shape index (κ1) is 27.7. The van der Waals surface area contributed by atoms with Crippen LogP contribution in [0.1, 0.15) is 54.9 Å². The van der Waals surface area contributed by atoms with E-state index in [2.05, 4.69) is 38.8 Å². The lowest BCUT2D eigenvalue weighted by molar-refractivity contribution is -0.140. The summed E-state index contributed by atoms with van der Waals surface area (Å²) in [6, 6.07) is 0.787. The SMILES string of the molecule is CCO[Si](CCCN(C)CC(C)C(=O)O[Si](C)(C)C(C)(C)C)(OCC)OCC. The van der Waals surface area contributed by atoms with Gasteiger partial charge in [-0.25, -0.2) is 0 Å². The summed E-state index contributed by atoms with van der Waals surface area (Å²) in [5, 5.41) is 0.0279. The van der Waals surface area contributed by atoms with Crippen LogP contribution in [0.5, 0.6) is 0 Å². The third-order valence-electron chi connectivity index (χ3n) is 5.27. The lowest BCUT2D eigenvalue weighted by Crippen LogP contribution is -2.46. The number of rotatable bonds is 14. The van der Waals surface area contributed by atoms with E-state index in [1.807, 2.05) is 34.7 Å². The Balaban J connectivity index is 4.59. The number of carbonyl (C=O) groups is 1. The zero-order valence-electron chi connectivity index (χ0n) is 20.0. The van der Waals surface area contributed by atoms with Crippen LogP contribution in [-0.2, 0) is 22.5 Å². The molecule has 28 heavy (non-hydrogen) atoms. The molecule has 0 aliphatic carbocycles. The Morgan fingerprint density at radius 2 is 1.46 bits per heavy atom. The minimum atomic E-state index is -2.59. The quantitative estimate of drug-likeness (QED) is 0.373. The molecule has 0 aliphatic heterocycles. The average molecular weight is 436 g/mol. The fourth-order valence-electron chi connectivity index (χ4n) is 2.71. The van der Waals surface area contributed by atoms with Crippen LogP contribution in [0.3, 0.4) is 0 Å². The summed E-state index contributed by atoms with van der Waals surface area (Å²) in [5.41, 5.74) is 0. The summed E-state index contributed by atoms with van der Waals surface area (Å²) in [6.07, 6.45) is 0.909. The second-order valence-electron chi connectivity index (χ2n) is 8.93. The molecular weight excluding hydrogens is 390 g/mol. The van der Waals surface area contributed by atoms with Crippen LogP contribution >= 0.6 is 0 Å². The van der Waals surface area contributed by atoms with Gasteiger partial charge in [0.2, 0.25) is 0 Å². The molecule has 0 spiro atoms. The van der Waals surface area contributed by atoms with Crippen molar-refractivity contribution in [3.63, 3.8) is 0 Å². The van der Waals surface area contributed by atoms with E-state index in [0.717, 1.165) is 19.0 Å². The number of carbonyl (C=O) groups excluding carboxylic acids is 1. The summed E-state index contributed by atoms with van der Waals surface area (Å²) in [5.74, 6) is -0.230. The predicted molar refractivity (Wildman–Crippen MR) is 120 cm³/mol. The van der Waals surface area contributed by atoms with Gasteiger partial charge in [-0.2, -0.15) is 0 Å². The molecule has 0 saturated carbocycles. The molecule has 0 N–H and O–H groups in total. The molecule has 0 aromatic heterocycles. The van der Waals surface area contributed by atoms with Gasteiger partial charge in [-0.3, -0.25) is 4.79 Å². The number of hydrogen-bond donors (Lipinski definition) is 0. The Bertz CT molecular complexity index is 437. The lowest BCUT2D eigenvalue weighted by Gasteiger charge is -2.36. The number of hydrogen-bond acceptors (Lipinski definition) is 6. The molecule has 1 unspecified atom stereocenters. The Labute approximate surface area is 175 Å². The van der Waals surface area contributed by atoms with Gasteiger partial charge >= 0.3 is 8.80 Å². The summed E-state index contributed by atoms with van der Waals surface area (Å²) in [6.45, 7) is 21.9. The lowest BCUT2D eigenvalue weighted by atomic mass is 10.2. The minimum absolute atomic E-state index is 0.0279. The van der Waals surface area contributed by atoms with Crippen LogP contribution in [0.4, 0.5) is 0 Å². The molecule has 0 fully saturated rings. The zero-order chi connectivity index (χ0) is 22.0. The van der Waals surface area contributed by atoms with Crippen LogP contribution < -0.4 is 0 Å². The molecule has 0 radical (unpaired) electrons. The second-order valence-corrected chi connectivity index (χ2v) is 16.4. The highest BCUT2D eigenvalue weighted by Crippen LogP contribution is 2.37. The molecule has 0 saturated heterocycles. The topological polar surface area (TPSA) is 57.2 Å². The molecule has 0 aromatic carbocycles. The van der Waals surface area contributed by atoms with Crippen molar-refractivity contribution in [3.05, 3.63) is 0 Å². The van der Waals surface area contributed by atoms with E-state index in [1.54, 1.807) is 0 Å². The van der Waals surface area contributed by atoms with Crippen LogP contribution in [0.15, 0.2) is 0 Å². The fourth-order valence-corrected chi connectivity index (χ4v) is 6.31. The maximum atomic E-state index is 12.6. The first-order valence-corrected chi connectivity index (χ1v) is 15.5. The normalized spacial score (nSPS) is 14.4. The molecule has 1 atom stereocenters. The predicted octanol–water partition coefficient (Wildman–Crippen LogP) is 4.54. The van der Waals surface area contributed by atoms with Crippen molar-refractivity contribution in [1.82, 2.24) is 4.90 Å². The van der Waals surface area contributed by atoms with Gasteiger partial charge in [0.25, 0.3) is 14.3 Å². The molecule has 168 valence electrons. The third-order valence-corrected chi connectivity index (χ3v) is 12.7. The standard InChI is InChI=1S/C20H45NO5Si2/c1-11-23-28(24-12-2,25-13-3)16-14-15-21(8)17-18(4)19(22)26-27(9,10)20(5,6)7/h18H,11-17H2,1-10H3. The van der Waals surface area contributed by atoms with Gasteiger partial charge in [0, 0.05) is 32.4 Å². The van der Waals surface area contributed by atoms with Crippen LogP contribution in [0, 0.1) is 5.92 Å². The summed E-state index contributed by atoms with van der Waals surface area (Å²) in [7, 11) is -2.62. The molecular formula is C20H45NO5Si2. The minimum Gasteiger partial charge on any atom is -0.519 e. The first-order valence-electron chi connectivity index (χ1n) is 10.7. The maximum absolute atomic E-state index is 12.6. The van der Waals surface area contributed by atoms with Gasteiger partial charge in [-0.1, -0.05) is 27.7 Å². The van der Waals surface area contributed by atoms with Crippen LogP contribution in [0.2, 0.25) is 24.2 Å². The zero-order valence-corrected chi connectivity index (χ0v) is 22.0. The van der Waals surface area contributed by atoms with Crippen molar-refractivity contribution in [2.45, 2.75) is 79.1 Å². The Hall–Kier alpha value is -0.256. The first-order chi connectivity index (χ1) is 12.8. The van der Waals surface area contributed by atoms with Crippen molar-refractivity contribution in [2.75, 3.05) is 40.0 Å². The summed E-state index contributed by atoms with van der Waals surface area (Å²) in [4.78, 5) is 14.7. The van der Waals surface area contributed by atoms with Gasteiger partial charge < -0.3 is 22.6 Å². The van der Waals surface area contributed by atoms with Gasteiger partial charge in [0.15, 0.2) is 0 Å². The monoisotopic (exact) mass is 435 g/mol. The maximum Gasteiger partial charge on any atom is 0.500 e. The van der Waals surface area contributed by atoms with E-state index in [4.69, 9.17) is 17.7 Å². The van der Waals surface area contributed by atoms with Gasteiger partial charge in [-0.05, 0) is 58.9 Å². The molecule has 0 aliphatic rings. The van der Waals surface area contributed by atoms with E-state index in [1.165, 1.54) is 0 Å². The molecule has 8 heteroatoms. The molecule has 0 heterocycles. The van der Waals surface area contributed by atoms with E-state index in [0.29, 0.717) is 26.4 Å². The highest BCUT2D eigenvalue weighted by Gasteiger charge is 2.41. The molecule has 0 amide bonds. The highest BCUT2D eigenvalue weighted by molar-refractivity contribution is 6.75. The van der Waals surface area contributed by atoms with Crippen LogP contribution in [0.25, 0.3) is 0 Å². The van der Waals surface area contributed by atoms with Crippen molar-refractivity contribution in [1.29, 1.82) is 0 Å². The molecule has 0 aromatic rings. The van der Waals surface area contributed by atoms with Crippen molar-refractivity contribution in [3.8, 4) is 0 Å². The average Bonchev–Trinajstić information content (AvgIpc) is 2.54. The Morgan fingerprint density at radius 3 is 1.86 bits per heavy atom. The van der Waals surface area contributed by atoms with Crippen LogP contribution in [-0.4, -0.2) is 67.9 Å². The van der Waals surface area contributed by atoms with E-state index in [9.17, 15) is 4.79 Å². The van der Waals surface area contributed by atoms with Crippen molar-refractivity contribution < 1.29 is 22.5 Å². The van der Waals surface area contributed by atoms with E-state index < -0.39 is 17.1 Å². The molecule has 0 bridgehead atoms. The Morgan fingerprint density at radius 1 is 1.00 bits per heavy atom. The molecule has 6 nitrogen and oxygen atoms in total. The van der Waals surface area contributed by atoms with E-state index >= 15 is 0 Å².